The molecule has 1 atom stereocenters. The highest BCUT2D eigenvalue weighted by Crippen LogP contribution is 2.27. The summed E-state index contributed by atoms with van der Waals surface area (Å²) in [4.78, 5) is 28.3. The van der Waals surface area contributed by atoms with E-state index in [1.807, 2.05) is 30.3 Å². The normalized spacial score (nSPS) is 17.2. The van der Waals surface area contributed by atoms with Crippen LogP contribution in [0, 0.1) is 6.92 Å². The zero-order chi connectivity index (χ0) is 19.9. The van der Waals surface area contributed by atoms with E-state index in [9.17, 15) is 9.59 Å². The number of nitrogens with one attached hydrogen (secondary N) is 2. The minimum Gasteiger partial charge on any atom is -0.353 e. The fourth-order valence-corrected chi connectivity index (χ4v) is 4.21. The summed E-state index contributed by atoms with van der Waals surface area (Å²) in [5, 5.41) is 5.89. The first-order valence-electron chi connectivity index (χ1n) is 9.66. The van der Waals surface area contributed by atoms with Crippen molar-refractivity contribution in [1.29, 1.82) is 0 Å². The van der Waals surface area contributed by atoms with Gasteiger partial charge in [-0.1, -0.05) is 48.9 Å². The van der Waals surface area contributed by atoms with E-state index in [1.165, 1.54) is 5.56 Å². The van der Waals surface area contributed by atoms with Gasteiger partial charge in [-0.25, -0.2) is 0 Å². The summed E-state index contributed by atoms with van der Waals surface area (Å²) in [5.41, 5.74) is 3.16. The van der Waals surface area contributed by atoms with Crippen LogP contribution >= 0.6 is 11.8 Å². The Morgan fingerprint density at radius 1 is 1.25 bits per heavy atom. The maximum atomic E-state index is 12.7. The molecule has 148 valence electrons. The lowest BCUT2D eigenvalue weighted by atomic mass is 10.1. The van der Waals surface area contributed by atoms with E-state index in [0.29, 0.717) is 13.1 Å². The second-order valence-electron chi connectivity index (χ2n) is 6.95. The van der Waals surface area contributed by atoms with Gasteiger partial charge in [-0.3, -0.25) is 14.5 Å². The zero-order valence-corrected chi connectivity index (χ0v) is 17.2. The second kappa shape index (κ2) is 9.75. The monoisotopic (exact) mass is 397 g/mol. The number of piperazine rings is 1. The Labute approximate surface area is 170 Å². The van der Waals surface area contributed by atoms with Gasteiger partial charge >= 0.3 is 0 Å². The van der Waals surface area contributed by atoms with E-state index in [4.69, 9.17) is 0 Å². The van der Waals surface area contributed by atoms with Crippen LogP contribution in [0.3, 0.4) is 0 Å². The number of hydrogen-bond acceptors (Lipinski definition) is 4. The van der Waals surface area contributed by atoms with Gasteiger partial charge in [0.25, 0.3) is 0 Å². The number of anilines is 1. The lowest BCUT2D eigenvalue weighted by Gasteiger charge is -2.34. The number of thioether (sulfide) groups is 1. The molecule has 0 bridgehead atoms. The van der Waals surface area contributed by atoms with Crippen molar-refractivity contribution in [2.45, 2.75) is 37.8 Å². The van der Waals surface area contributed by atoms with Gasteiger partial charge in [0.15, 0.2) is 0 Å². The van der Waals surface area contributed by atoms with Gasteiger partial charge in [-0.2, -0.15) is 0 Å². The molecule has 1 heterocycles. The summed E-state index contributed by atoms with van der Waals surface area (Å²) in [6.07, 6.45) is 0.142. The fourth-order valence-electron chi connectivity index (χ4n) is 3.45. The summed E-state index contributed by atoms with van der Waals surface area (Å²) >= 11 is 1.69. The molecule has 28 heavy (non-hydrogen) atoms. The Bertz CT molecular complexity index is 840. The maximum absolute atomic E-state index is 12.7. The number of hydrogen-bond donors (Lipinski definition) is 2. The van der Waals surface area contributed by atoms with Crippen molar-refractivity contribution in [3.8, 4) is 0 Å². The number of amides is 2. The molecule has 1 fully saturated rings. The Morgan fingerprint density at radius 3 is 2.86 bits per heavy atom. The molecule has 0 radical (unpaired) electrons. The first kappa shape index (κ1) is 20.4. The molecular weight excluding hydrogens is 370 g/mol. The molecule has 2 N–H and O–H groups in total. The van der Waals surface area contributed by atoms with Crippen LogP contribution in [0.1, 0.15) is 24.5 Å². The van der Waals surface area contributed by atoms with Crippen molar-refractivity contribution >= 4 is 29.3 Å². The molecule has 2 aromatic carbocycles. The third-order valence-corrected chi connectivity index (χ3v) is 5.71. The van der Waals surface area contributed by atoms with E-state index in [1.54, 1.807) is 11.8 Å². The topological polar surface area (TPSA) is 61.4 Å². The number of rotatable bonds is 7. The highest BCUT2D eigenvalue weighted by Gasteiger charge is 2.31. The Kier molecular flexibility index (Phi) is 7.12. The number of benzene rings is 2. The van der Waals surface area contributed by atoms with Crippen molar-refractivity contribution in [1.82, 2.24) is 10.2 Å². The summed E-state index contributed by atoms with van der Waals surface area (Å²) in [6, 6.07) is 15.6. The molecule has 0 spiro atoms. The molecule has 6 heteroatoms. The molecular formula is C22H27N3O2S. The number of carbonyl (C=O) groups excluding carboxylic acids is 2. The molecule has 1 unspecified atom stereocenters. The minimum absolute atomic E-state index is 0.0785. The predicted molar refractivity (Wildman–Crippen MR) is 114 cm³/mol. The number of carbonyl (C=O) groups is 2. The third-order valence-electron chi connectivity index (χ3n) is 4.75. The van der Waals surface area contributed by atoms with Gasteiger partial charge in [0.05, 0.1) is 18.2 Å². The van der Waals surface area contributed by atoms with Gasteiger partial charge in [0, 0.05) is 24.5 Å². The lowest BCUT2D eigenvalue weighted by Crippen LogP contribution is -2.55. The first-order valence-corrected chi connectivity index (χ1v) is 10.6. The van der Waals surface area contributed by atoms with Crippen molar-refractivity contribution in [2.75, 3.05) is 24.2 Å². The van der Waals surface area contributed by atoms with Crippen LogP contribution in [0.2, 0.25) is 0 Å². The Hall–Kier alpha value is -2.31. The standard InChI is InChI=1S/C22H27N3O2S/c1-3-28-20-10-5-4-9-18(20)24-21(26)14-19-22(27)23-11-12-25(19)15-17-8-6-7-16(2)13-17/h4-10,13,19H,3,11-12,14-15H2,1-2H3,(H,23,27)(H,24,26). The molecule has 3 rings (SSSR count). The summed E-state index contributed by atoms with van der Waals surface area (Å²) in [5.74, 6) is 0.716. The van der Waals surface area contributed by atoms with Crippen LogP contribution in [0.4, 0.5) is 5.69 Å². The van der Waals surface area contributed by atoms with Crippen LogP contribution in [0.15, 0.2) is 53.4 Å². The summed E-state index contributed by atoms with van der Waals surface area (Å²) < 4.78 is 0. The predicted octanol–water partition coefficient (Wildman–Crippen LogP) is 3.44. The molecule has 1 saturated heterocycles. The molecule has 2 amide bonds. The molecule has 0 aromatic heterocycles. The van der Waals surface area contributed by atoms with Crippen molar-refractivity contribution in [2.24, 2.45) is 0 Å². The number of para-hydroxylation sites is 1. The molecule has 5 nitrogen and oxygen atoms in total. The molecule has 2 aromatic rings. The van der Waals surface area contributed by atoms with E-state index >= 15 is 0 Å². The van der Waals surface area contributed by atoms with Crippen molar-refractivity contribution in [3.63, 3.8) is 0 Å². The average molecular weight is 398 g/mol. The molecule has 1 aliphatic rings. The quantitative estimate of drug-likeness (QED) is 0.703. The fraction of sp³-hybridized carbons (Fsp3) is 0.364. The van der Waals surface area contributed by atoms with Gasteiger partial charge in [-0.05, 0) is 30.4 Å². The average Bonchev–Trinajstić information content (AvgIpc) is 2.66. The van der Waals surface area contributed by atoms with E-state index in [2.05, 4.69) is 47.6 Å². The first-order chi connectivity index (χ1) is 13.6. The SMILES string of the molecule is CCSc1ccccc1NC(=O)CC1C(=O)NCCN1Cc1cccc(C)c1. The Balaban J connectivity index is 1.69. The van der Waals surface area contributed by atoms with E-state index < -0.39 is 6.04 Å². The van der Waals surface area contributed by atoms with Crippen LogP contribution in [-0.2, 0) is 16.1 Å². The number of nitrogens with zero attached hydrogens (tertiary/aromatic N) is 1. The molecule has 0 saturated carbocycles. The summed E-state index contributed by atoms with van der Waals surface area (Å²) in [7, 11) is 0. The minimum atomic E-state index is -0.458. The smallest absolute Gasteiger partial charge is 0.237 e. The van der Waals surface area contributed by atoms with E-state index in [-0.39, 0.29) is 18.2 Å². The van der Waals surface area contributed by atoms with Crippen LogP contribution in [0.5, 0.6) is 0 Å². The van der Waals surface area contributed by atoms with Crippen LogP contribution in [0.25, 0.3) is 0 Å². The molecule has 1 aliphatic heterocycles. The number of aryl methyl sites for hydroxylation is 1. The Morgan fingerprint density at radius 2 is 2.07 bits per heavy atom. The van der Waals surface area contributed by atoms with Crippen molar-refractivity contribution in [3.05, 3.63) is 59.7 Å². The lowest BCUT2D eigenvalue weighted by molar-refractivity contribution is -0.132. The van der Waals surface area contributed by atoms with Gasteiger partial charge in [0.2, 0.25) is 11.8 Å². The van der Waals surface area contributed by atoms with Gasteiger partial charge in [0.1, 0.15) is 0 Å². The zero-order valence-electron chi connectivity index (χ0n) is 16.4. The van der Waals surface area contributed by atoms with Crippen molar-refractivity contribution < 1.29 is 9.59 Å². The van der Waals surface area contributed by atoms with Crippen LogP contribution in [-0.4, -0.2) is 41.6 Å². The maximum Gasteiger partial charge on any atom is 0.237 e. The highest BCUT2D eigenvalue weighted by atomic mass is 32.2. The van der Waals surface area contributed by atoms with E-state index in [0.717, 1.165) is 28.4 Å². The van der Waals surface area contributed by atoms with Gasteiger partial charge < -0.3 is 10.6 Å². The largest absolute Gasteiger partial charge is 0.353 e. The summed E-state index contributed by atoms with van der Waals surface area (Å²) in [6.45, 7) is 6.15. The van der Waals surface area contributed by atoms with Gasteiger partial charge in [-0.15, -0.1) is 11.8 Å². The highest BCUT2D eigenvalue weighted by molar-refractivity contribution is 7.99. The van der Waals surface area contributed by atoms with Crippen LogP contribution < -0.4 is 10.6 Å². The molecule has 0 aliphatic carbocycles. The second-order valence-corrected chi connectivity index (χ2v) is 8.25. The third kappa shape index (κ3) is 5.36.